The predicted octanol–water partition coefficient (Wildman–Crippen LogP) is 8.85. The second-order valence-electron chi connectivity index (χ2n) is 8.63. The molecule has 0 spiro atoms. The third-order valence-electron chi connectivity index (χ3n) is 6.38. The SMILES string of the molecule is CCC[CH2][Sn]([CH2]CCC)([CH2]CCC)/[C](=C\c1ccccc1)C(OC)c1ccccc1. The zero-order valence-corrected chi connectivity index (χ0v) is 22.6. The molecular formula is C28H42OSn. The Hall–Kier alpha value is -1.06. The van der Waals surface area contributed by atoms with Crippen molar-refractivity contribution in [2.75, 3.05) is 7.11 Å². The molecule has 0 aliphatic carbocycles. The van der Waals surface area contributed by atoms with E-state index in [1.165, 1.54) is 63.0 Å². The summed E-state index contributed by atoms with van der Waals surface area (Å²) in [5, 5.41) is 0. The first-order valence-electron chi connectivity index (χ1n) is 12.1. The van der Waals surface area contributed by atoms with Crippen molar-refractivity contribution in [2.45, 2.75) is 78.7 Å². The average molecular weight is 513 g/mol. The van der Waals surface area contributed by atoms with Gasteiger partial charge in [0.25, 0.3) is 0 Å². The van der Waals surface area contributed by atoms with E-state index in [1.54, 1.807) is 3.59 Å². The Morgan fingerprint density at radius 3 is 1.67 bits per heavy atom. The van der Waals surface area contributed by atoms with Crippen molar-refractivity contribution in [1.82, 2.24) is 0 Å². The van der Waals surface area contributed by atoms with Crippen molar-refractivity contribution in [1.29, 1.82) is 0 Å². The van der Waals surface area contributed by atoms with E-state index < -0.39 is 18.4 Å². The molecule has 2 heteroatoms. The first kappa shape index (κ1) is 25.2. The third-order valence-corrected chi connectivity index (χ3v) is 22.3. The molecule has 0 radical (unpaired) electrons. The molecule has 0 fully saturated rings. The molecule has 0 heterocycles. The number of rotatable bonds is 14. The molecule has 2 aromatic rings. The fourth-order valence-electron chi connectivity index (χ4n) is 4.66. The summed E-state index contributed by atoms with van der Waals surface area (Å²) in [7, 11) is 1.91. The van der Waals surface area contributed by atoms with Gasteiger partial charge in [-0.1, -0.05) is 0 Å². The van der Waals surface area contributed by atoms with Crippen molar-refractivity contribution < 1.29 is 4.74 Å². The zero-order chi connectivity index (χ0) is 21.7. The van der Waals surface area contributed by atoms with Crippen LogP contribution in [0.25, 0.3) is 6.08 Å². The van der Waals surface area contributed by atoms with Crippen molar-refractivity contribution in [2.24, 2.45) is 0 Å². The van der Waals surface area contributed by atoms with Crippen molar-refractivity contribution in [3.8, 4) is 0 Å². The van der Waals surface area contributed by atoms with Gasteiger partial charge in [0.05, 0.1) is 0 Å². The van der Waals surface area contributed by atoms with E-state index in [9.17, 15) is 0 Å². The molecule has 2 rings (SSSR count). The summed E-state index contributed by atoms with van der Waals surface area (Å²) in [6.07, 6.45) is 10.6. The van der Waals surface area contributed by atoms with E-state index in [0.717, 1.165) is 0 Å². The molecule has 0 saturated carbocycles. The summed E-state index contributed by atoms with van der Waals surface area (Å²) in [5.74, 6) is 0. The van der Waals surface area contributed by atoms with Gasteiger partial charge in [0, 0.05) is 0 Å². The monoisotopic (exact) mass is 514 g/mol. The first-order valence-corrected chi connectivity index (χ1v) is 19.5. The summed E-state index contributed by atoms with van der Waals surface area (Å²) >= 11 is -2.67. The van der Waals surface area contributed by atoms with Gasteiger partial charge in [0.2, 0.25) is 0 Å². The third kappa shape index (κ3) is 7.27. The maximum absolute atomic E-state index is 6.30. The van der Waals surface area contributed by atoms with Gasteiger partial charge < -0.3 is 0 Å². The van der Waals surface area contributed by atoms with Crippen LogP contribution < -0.4 is 0 Å². The molecule has 0 aromatic heterocycles. The zero-order valence-electron chi connectivity index (χ0n) is 19.7. The fourth-order valence-corrected chi connectivity index (χ4v) is 21.8. The van der Waals surface area contributed by atoms with Crippen molar-refractivity contribution >= 4 is 24.5 Å². The molecule has 0 aliphatic rings. The second kappa shape index (κ2) is 14.1. The number of unbranched alkanes of at least 4 members (excludes halogenated alkanes) is 3. The quantitative estimate of drug-likeness (QED) is 0.229. The van der Waals surface area contributed by atoms with Crippen LogP contribution >= 0.6 is 0 Å². The Kier molecular flexibility index (Phi) is 11.8. The van der Waals surface area contributed by atoms with Gasteiger partial charge in [-0.05, 0) is 0 Å². The molecule has 30 heavy (non-hydrogen) atoms. The molecule has 0 aliphatic heterocycles. The van der Waals surface area contributed by atoms with Gasteiger partial charge in [-0.25, -0.2) is 0 Å². The molecule has 0 bridgehead atoms. The molecule has 0 saturated heterocycles. The summed E-state index contributed by atoms with van der Waals surface area (Å²) in [6.45, 7) is 7.05. The molecule has 1 atom stereocenters. The van der Waals surface area contributed by atoms with Crippen LogP contribution in [0.5, 0.6) is 0 Å². The van der Waals surface area contributed by atoms with Crippen LogP contribution in [0.15, 0.2) is 64.3 Å². The van der Waals surface area contributed by atoms with Crippen LogP contribution in [0.4, 0.5) is 0 Å². The predicted molar refractivity (Wildman–Crippen MR) is 136 cm³/mol. The molecule has 164 valence electrons. The van der Waals surface area contributed by atoms with Gasteiger partial charge >= 0.3 is 190 Å². The van der Waals surface area contributed by atoms with E-state index in [-0.39, 0.29) is 6.10 Å². The maximum atomic E-state index is 6.30. The van der Waals surface area contributed by atoms with Gasteiger partial charge in [-0.3, -0.25) is 0 Å². The molecular weight excluding hydrogens is 471 g/mol. The number of methoxy groups -OCH3 is 1. The summed E-state index contributed by atoms with van der Waals surface area (Å²) in [5.41, 5.74) is 2.64. The minimum atomic E-state index is -2.67. The van der Waals surface area contributed by atoms with Crippen LogP contribution in [0.3, 0.4) is 0 Å². The summed E-state index contributed by atoms with van der Waals surface area (Å²) in [4.78, 5) is 0. The Labute approximate surface area is 189 Å². The number of hydrogen-bond donors (Lipinski definition) is 0. The minimum absolute atomic E-state index is 0.0905. The Balaban J connectivity index is 2.64. The Morgan fingerprint density at radius 2 is 1.23 bits per heavy atom. The van der Waals surface area contributed by atoms with E-state index in [1.807, 2.05) is 7.11 Å². The molecule has 1 nitrogen and oxygen atoms in total. The Bertz CT molecular complexity index is 701. The van der Waals surface area contributed by atoms with Crippen LogP contribution in [-0.4, -0.2) is 25.5 Å². The van der Waals surface area contributed by atoms with E-state index in [4.69, 9.17) is 4.74 Å². The van der Waals surface area contributed by atoms with Crippen LogP contribution in [0, 0.1) is 0 Å². The second-order valence-corrected chi connectivity index (χ2v) is 21.9. The Morgan fingerprint density at radius 1 is 0.767 bits per heavy atom. The van der Waals surface area contributed by atoms with Crippen molar-refractivity contribution in [3.63, 3.8) is 0 Å². The molecule has 2 aromatic carbocycles. The van der Waals surface area contributed by atoms with Crippen LogP contribution in [-0.2, 0) is 4.74 Å². The van der Waals surface area contributed by atoms with Gasteiger partial charge in [-0.15, -0.1) is 0 Å². The van der Waals surface area contributed by atoms with Gasteiger partial charge in [0.1, 0.15) is 0 Å². The topological polar surface area (TPSA) is 9.23 Å². The van der Waals surface area contributed by atoms with Crippen LogP contribution in [0.2, 0.25) is 13.3 Å². The van der Waals surface area contributed by atoms with Crippen molar-refractivity contribution in [3.05, 3.63) is 75.4 Å². The molecule has 0 amide bonds. The average Bonchev–Trinajstić information content (AvgIpc) is 2.80. The normalized spacial score (nSPS) is 13.4. The standard InChI is InChI=1S/C16H15O.3C4H9.Sn/c1-17-16(15-10-6-3-7-11-15)13-12-14-8-4-2-5-9-14;3*1-3-4-2;/h2-12,16H,1H3;3*1,3-4H2,2H3;. The van der Waals surface area contributed by atoms with E-state index in [0.29, 0.717) is 0 Å². The summed E-state index contributed by atoms with van der Waals surface area (Å²) < 4.78 is 12.3. The first-order chi connectivity index (χ1) is 14.7. The molecule has 1 unspecified atom stereocenters. The molecule has 0 N–H and O–H groups in total. The van der Waals surface area contributed by atoms with Gasteiger partial charge in [0.15, 0.2) is 0 Å². The van der Waals surface area contributed by atoms with E-state index >= 15 is 0 Å². The van der Waals surface area contributed by atoms with Crippen LogP contribution in [0.1, 0.15) is 76.5 Å². The number of ether oxygens (including phenoxy) is 1. The van der Waals surface area contributed by atoms with E-state index in [2.05, 4.69) is 87.5 Å². The summed E-state index contributed by atoms with van der Waals surface area (Å²) in [6, 6.07) is 21.9. The number of benzene rings is 2. The fraction of sp³-hybridized carbons (Fsp3) is 0.500. The number of hydrogen-bond acceptors (Lipinski definition) is 1. The van der Waals surface area contributed by atoms with Gasteiger partial charge in [-0.2, -0.15) is 0 Å².